The Morgan fingerprint density at radius 2 is 1.50 bits per heavy atom. The largest absolute Gasteiger partial charge is 0.508 e. The predicted molar refractivity (Wildman–Crippen MR) is 139 cm³/mol. The van der Waals surface area contributed by atoms with Crippen LogP contribution in [0.15, 0.2) is 45.6 Å². The Labute approximate surface area is 236 Å². The zero-order valence-electron chi connectivity index (χ0n) is 21.9. The summed E-state index contributed by atoms with van der Waals surface area (Å²) >= 11 is 0. The van der Waals surface area contributed by atoms with Crippen LogP contribution in [0.25, 0.3) is 22.3 Å². The van der Waals surface area contributed by atoms with Gasteiger partial charge in [-0.2, -0.15) is 0 Å². The maximum atomic E-state index is 13.7. The molecule has 0 aliphatic carbocycles. The number of fused-ring (bicyclic) bond motifs is 1. The summed E-state index contributed by atoms with van der Waals surface area (Å²) in [6, 6.07) is 7.44. The highest BCUT2D eigenvalue weighted by Gasteiger charge is 2.48. The predicted octanol–water partition coefficient (Wildman–Crippen LogP) is -1.39. The van der Waals surface area contributed by atoms with E-state index >= 15 is 0 Å². The van der Waals surface area contributed by atoms with Crippen LogP contribution in [0.4, 0.5) is 0 Å². The highest BCUT2D eigenvalue weighted by molar-refractivity contribution is 5.88. The molecule has 0 amide bonds. The molecule has 228 valence electrons. The van der Waals surface area contributed by atoms with Crippen LogP contribution in [0.5, 0.6) is 23.0 Å². The summed E-state index contributed by atoms with van der Waals surface area (Å²) < 4.78 is 28.3. The summed E-state index contributed by atoms with van der Waals surface area (Å²) in [5, 5.41) is 90.8. The van der Waals surface area contributed by atoms with Crippen molar-refractivity contribution in [3.63, 3.8) is 0 Å². The van der Waals surface area contributed by atoms with Crippen LogP contribution >= 0.6 is 0 Å². The fourth-order valence-electron chi connectivity index (χ4n) is 4.84. The number of phenolic OH excluding ortho intramolecular Hbond substituents is 3. The third kappa shape index (κ3) is 5.49. The summed E-state index contributed by atoms with van der Waals surface area (Å²) in [4.78, 5) is 13.7. The molecule has 2 aliphatic heterocycles. The smallest absolute Gasteiger partial charge is 0.239 e. The molecule has 0 bridgehead atoms. The van der Waals surface area contributed by atoms with E-state index in [4.69, 9.17) is 23.4 Å². The molecule has 2 aromatic carbocycles. The number of phenols is 3. The topological polar surface area (TPSA) is 249 Å². The van der Waals surface area contributed by atoms with Gasteiger partial charge >= 0.3 is 0 Å². The molecule has 2 aliphatic rings. The molecule has 0 saturated carbocycles. The first-order valence-corrected chi connectivity index (χ1v) is 12.9. The van der Waals surface area contributed by atoms with Crippen LogP contribution in [0.3, 0.4) is 0 Å². The maximum Gasteiger partial charge on any atom is 0.239 e. The van der Waals surface area contributed by atoms with Crippen LogP contribution in [0.2, 0.25) is 0 Å². The Morgan fingerprint density at radius 3 is 2.19 bits per heavy atom. The third-order valence-electron chi connectivity index (χ3n) is 7.21. The molecule has 5 rings (SSSR count). The Bertz CT molecular complexity index is 1470. The molecule has 0 unspecified atom stereocenters. The van der Waals surface area contributed by atoms with Gasteiger partial charge in [0.25, 0.3) is 0 Å². The molecule has 1 aromatic heterocycles. The Morgan fingerprint density at radius 1 is 0.810 bits per heavy atom. The second-order valence-electron chi connectivity index (χ2n) is 10.1. The molecule has 2 fully saturated rings. The molecular weight excluding hydrogens is 564 g/mol. The Hall–Kier alpha value is -3.51. The minimum atomic E-state index is -1.86. The van der Waals surface area contributed by atoms with Crippen LogP contribution in [-0.2, 0) is 14.2 Å². The van der Waals surface area contributed by atoms with Gasteiger partial charge in [0.05, 0.1) is 12.7 Å². The summed E-state index contributed by atoms with van der Waals surface area (Å²) in [6.45, 7) is 0.812. The van der Waals surface area contributed by atoms with Crippen molar-refractivity contribution in [1.82, 2.24) is 0 Å². The highest BCUT2D eigenvalue weighted by atomic mass is 16.7. The number of aliphatic hydroxyl groups is 6. The molecule has 15 heteroatoms. The first-order valence-electron chi connectivity index (χ1n) is 12.9. The monoisotopic (exact) mass is 594 g/mol. The van der Waals surface area contributed by atoms with Gasteiger partial charge in [0, 0.05) is 17.7 Å². The second kappa shape index (κ2) is 11.6. The average Bonchev–Trinajstić information content (AvgIpc) is 2.94. The number of benzene rings is 2. The fourth-order valence-corrected chi connectivity index (χ4v) is 4.84. The van der Waals surface area contributed by atoms with Crippen molar-refractivity contribution in [2.24, 2.45) is 0 Å². The van der Waals surface area contributed by atoms with Crippen molar-refractivity contribution in [2.45, 2.75) is 68.3 Å². The molecule has 42 heavy (non-hydrogen) atoms. The van der Waals surface area contributed by atoms with Gasteiger partial charge < -0.3 is 69.3 Å². The van der Waals surface area contributed by atoms with Crippen LogP contribution < -0.4 is 10.2 Å². The molecule has 0 spiro atoms. The third-order valence-corrected chi connectivity index (χ3v) is 7.21. The number of rotatable bonds is 6. The van der Waals surface area contributed by atoms with E-state index in [2.05, 4.69) is 0 Å². The lowest BCUT2D eigenvalue weighted by Crippen LogP contribution is -2.62. The van der Waals surface area contributed by atoms with Crippen molar-refractivity contribution >= 4 is 11.0 Å². The van der Waals surface area contributed by atoms with E-state index in [1.807, 2.05) is 0 Å². The maximum absolute atomic E-state index is 13.7. The quantitative estimate of drug-likeness (QED) is 0.159. The lowest BCUT2D eigenvalue weighted by atomic mass is 9.98. The lowest BCUT2D eigenvalue weighted by Gasteiger charge is -2.43. The zero-order valence-corrected chi connectivity index (χ0v) is 21.9. The van der Waals surface area contributed by atoms with Gasteiger partial charge in [0.2, 0.25) is 17.5 Å². The summed E-state index contributed by atoms with van der Waals surface area (Å²) in [6.07, 6.45) is -16.0. The van der Waals surface area contributed by atoms with Gasteiger partial charge in [0.1, 0.15) is 70.9 Å². The summed E-state index contributed by atoms with van der Waals surface area (Å²) in [5.41, 5.74) is -0.873. The van der Waals surface area contributed by atoms with E-state index in [0.717, 1.165) is 12.1 Å². The minimum absolute atomic E-state index is 0.0930. The van der Waals surface area contributed by atoms with Gasteiger partial charge in [0.15, 0.2) is 12.1 Å². The number of aromatic hydroxyl groups is 3. The summed E-state index contributed by atoms with van der Waals surface area (Å²) in [7, 11) is 0. The van der Waals surface area contributed by atoms with E-state index in [9.17, 15) is 50.8 Å². The minimum Gasteiger partial charge on any atom is -0.508 e. The number of ether oxygens (including phenoxy) is 4. The molecule has 9 N–H and O–H groups in total. The first kappa shape index (κ1) is 30.0. The SMILES string of the molecule is C[C@@H]1O[C@@H](Oc2c(-c3ccc(O)cc3)oc3cc(O)cc(O)c3c2=O)[C@H](OC[C@H]2O[C@@H](O)[C@H](O)[C@@H](O)[C@@H]2O)[C@H](O)[C@H]1O. The standard InChI is InChI=1S/C27H30O15/c1-9-17(31)21(35)25(38-8-15-18(32)20(34)22(36)26(37)41-15)27(39-9)42-24-19(33)16-13(30)6-12(29)7-14(16)40-23(24)10-2-4-11(28)5-3-10/h2-7,9,15,17-18,20-22,25-32,34-37H,8H2,1H3/t9-,15+,17-,18+,20-,21+,22+,25+,26+,27-/m0/s1. The fraction of sp³-hybridized carbons (Fsp3) is 0.444. The van der Waals surface area contributed by atoms with Crippen molar-refractivity contribution in [2.75, 3.05) is 6.61 Å². The van der Waals surface area contributed by atoms with E-state index < -0.39 is 90.7 Å². The first-order chi connectivity index (χ1) is 19.9. The molecule has 0 radical (unpaired) electrons. The van der Waals surface area contributed by atoms with Crippen LogP contribution in [0, 0.1) is 0 Å². The number of hydrogen-bond donors (Lipinski definition) is 9. The van der Waals surface area contributed by atoms with Crippen molar-refractivity contribution in [1.29, 1.82) is 0 Å². The van der Waals surface area contributed by atoms with Crippen LogP contribution in [-0.4, -0.2) is 114 Å². The molecule has 2 saturated heterocycles. The van der Waals surface area contributed by atoms with Crippen molar-refractivity contribution in [3.05, 3.63) is 46.6 Å². The molecule has 15 nitrogen and oxygen atoms in total. The molecule has 3 aromatic rings. The summed E-state index contributed by atoms with van der Waals surface area (Å²) in [5.74, 6) is -1.83. The van der Waals surface area contributed by atoms with Gasteiger partial charge in [-0.1, -0.05) is 0 Å². The van der Waals surface area contributed by atoms with Crippen LogP contribution in [0.1, 0.15) is 6.92 Å². The lowest BCUT2D eigenvalue weighted by molar-refractivity contribution is -0.310. The van der Waals surface area contributed by atoms with E-state index in [1.165, 1.54) is 31.2 Å². The zero-order chi connectivity index (χ0) is 30.5. The Kier molecular flexibility index (Phi) is 8.30. The van der Waals surface area contributed by atoms with Crippen molar-refractivity contribution < 1.29 is 69.3 Å². The van der Waals surface area contributed by atoms with E-state index in [1.54, 1.807) is 0 Å². The van der Waals surface area contributed by atoms with Gasteiger partial charge in [-0.05, 0) is 31.2 Å². The van der Waals surface area contributed by atoms with Gasteiger partial charge in [-0.15, -0.1) is 0 Å². The number of hydrogen-bond acceptors (Lipinski definition) is 15. The number of aliphatic hydroxyl groups excluding tert-OH is 6. The Balaban J connectivity index is 1.53. The normalized spacial score (nSPS) is 33.5. The van der Waals surface area contributed by atoms with Gasteiger partial charge in [-0.25, -0.2) is 0 Å². The van der Waals surface area contributed by atoms with Gasteiger partial charge in [-0.3, -0.25) is 4.79 Å². The highest BCUT2D eigenvalue weighted by Crippen LogP contribution is 2.38. The molecular formula is C27H30O15. The van der Waals surface area contributed by atoms with E-state index in [0.29, 0.717) is 0 Å². The molecule has 10 atom stereocenters. The molecule has 3 heterocycles. The van der Waals surface area contributed by atoms with Crippen molar-refractivity contribution in [3.8, 4) is 34.3 Å². The second-order valence-corrected chi connectivity index (χ2v) is 10.1. The average molecular weight is 595 g/mol. The van der Waals surface area contributed by atoms with E-state index in [-0.39, 0.29) is 28.0 Å².